The molecule has 0 N–H and O–H groups in total. The number of alkyl halides is 1. The lowest BCUT2D eigenvalue weighted by Crippen LogP contribution is -2.11. The highest BCUT2D eigenvalue weighted by atomic mass is 127. The molecule has 2 nitrogen and oxygen atoms in total. The van der Waals surface area contributed by atoms with E-state index >= 15 is 0 Å². The zero-order chi connectivity index (χ0) is 11.3. The van der Waals surface area contributed by atoms with Crippen molar-refractivity contribution in [2.24, 2.45) is 0 Å². The number of hydrogen-bond acceptors (Lipinski definition) is 2. The maximum absolute atomic E-state index is 11.3. The zero-order valence-corrected chi connectivity index (χ0v) is 11.2. The van der Waals surface area contributed by atoms with Gasteiger partial charge in [0.05, 0.1) is 4.43 Å². The molecule has 0 spiro atoms. The van der Waals surface area contributed by atoms with Crippen LogP contribution in [0.5, 0.6) is 5.75 Å². The summed E-state index contributed by atoms with van der Waals surface area (Å²) in [4.78, 5) is 11.3. The average molecular weight is 318 g/mol. The second kappa shape index (κ2) is 6.10. The van der Waals surface area contributed by atoms with Gasteiger partial charge < -0.3 is 4.74 Å². The van der Waals surface area contributed by atoms with Gasteiger partial charge in [-0.25, -0.2) is 0 Å². The van der Waals surface area contributed by atoms with Gasteiger partial charge in [-0.15, -0.1) is 0 Å². The number of carbonyl (C=O) groups is 1. The summed E-state index contributed by atoms with van der Waals surface area (Å²) in [5.41, 5.74) is 2.21. The van der Waals surface area contributed by atoms with Crippen molar-refractivity contribution < 1.29 is 9.53 Å². The fraction of sp³-hybridized carbons (Fsp3) is 0.417. The van der Waals surface area contributed by atoms with Crippen LogP contribution >= 0.6 is 22.6 Å². The molecular formula is C12H15IO2. The highest BCUT2D eigenvalue weighted by molar-refractivity contribution is 14.1. The van der Waals surface area contributed by atoms with Crippen molar-refractivity contribution in [1.82, 2.24) is 0 Å². The third kappa shape index (κ3) is 3.19. The first-order chi connectivity index (χ1) is 7.22. The molecule has 0 saturated heterocycles. The first-order valence-corrected chi connectivity index (χ1v) is 6.62. The molecule has 0 fully saturated rings. The topological polar surface area (TPSA) is 26.3 Å². The van der Waals surface area contributed by atoms with E-state index in [1.165, 1.54) is 0 Å². The second-order valence-electron chi connectivity index (χ2n) is 3.22. The Morgan fingerprint density at radius 2 is 1.80 bits per heavy atom. The lowest BCUT2D eigenvalue weighted by molar-refractivity contribution is -0.131. The van der Waals surface area contributed by atoms with Gasteiger partial charge in [0.15, 0.2) is 0 Å². The van der Waals surface area contributed by atoms with E-state index in [1.54, 1.807) is 0 Å². The van der Waals surface area contributed by atoms with Crippen LogP contribution < -0.4 is 4.74 Å². The van der Waals surface area contributed by atoms with E-state index < -0.39 is 0 Å². The van der Waals surface area contributed by atoms with Gasteiger partial charge in [0.2, 0.25) is 0 Å². The van der Waals surface area contributed by atoms with Gasteiger partial charge >= 0.3 is 5.97 Å². The summed E-state index contributed by atoms with van der Waals surface area (Å²) in [5, 5.41) is 0. The molecule has 0 amide bonds. The molecule has 0 aliphatic rings. The summed E-state index contributed by atoms with van der Waals surface area (Å²) < 4.78 is 5.75. The SMILES string of the molecule is CCc1cccc(CC)c1OC(=O)CI. The van der Waals surface area contributed by atoms with Gasteiger partial charge in [0, 0.05) is 0 Å². The number of ether oxygens (including phenoxy) is 1. The van der Waals surface area contributed by atoms with Crippen molar-refractivity contribution in [3.63, 3.8) is 0 Å². The van der Waals surface area contributed by atoms with E-state index in [2.05, 4.69) is 13.8 Å². The van der Waals surface area contributed by atoms with Crippen molar-refractivity contribution in [3.05, 3.63) is 29.3 Å². The second-order valence-corrected chi connectivity index (χ2v) is 3.98. The van der Waals surface area contributed by atoms with Crippen LogP contribution in [0.25, 0.3) is 0 Å². The molecule has 0 aliphatic heterocycles. The lowest BCUT2D eigenvalue weighted by atomic mass is 10.1. The number of aryl methyl sites for hydroxylation is 2. The van der Waals surface area contributed by atoms with Gasteiger partial charge in [-0.1, -0.05) is 54.6 Å². The zero-order valence-electron chi connectivity index (χ0n) is 9.05. The van der Waals surface area contributed by atoms with Gasteiger partial charge in [0.1, 0.15) is 5.75 Å². The van der Waals surface area contributed by atoms with E-state index in [-0.39, 0.29) is 5.97 Å². The number of benzene rings is 1. The number of halogens is 1. The minimum Gasteiger partial charge on any atom is -0.425 e. The van der Waals surface area contributed by atoms with E-state index in [0.717, 1.165) is 29.7 Å². The summed E-state index contributed by atoms with van der Waals surface area (Å²) >= 11 is 2.01. The first kappa shape index (κ1) is 12.5. The van der Waals surface area contributed by atoms with Crippen molar-refractivity contribution in [2.75, 3.05) is 4.43 Å². The summed E-state index contributed by atoms with van der Waals surface area (Å²) in [6, 6.07) is 6.03. The third-order valence-electron chi connectivity index (χ3n) is 2.26. The molecule has 15 heavy (non-hydrogen) atoms. The maximum Gasteiger partial charge on any atom is 0.321 e. The molecule has 1 rings (SSSR count). The number of carbonyl (C=O) groups excluding carboxylic acids is 1. The molecule has 0 aromatic heterocycles. The normalized spacial score (nSPS) is 10.1. The van der Waals surface area contributed by atoms with E-state index in [1.807, 2.05) is 40.8 Å². The molecule has 3 heteroatoms. The van der Waals surface area contributed by atoms with E-state index in [4.69, 9.17) is 4.74 Å². The summed E-state index contributed by atoms with van der Waals surface area (Å²) in [6.07, 6.45) is 1.77. The van der Waals surface area contributed by atoms with Crippen LogP contribution in [0.3, 0.4) is 0 Å². The number of esters is 1. The van der Waals surface area contributed by atoms with Gasteiger partial charge in [-0.05, 0) is 24.0 Å². The minimum absolute atomic E-state index is 0.175. The van der Waals surface area contributed by atoms with Crippen LogP contribution in [-0.4, -0.2) is 10.4 Å². The highest BCUT2D eigenvalue weighted by Crippen LogP contribution is 2.25. The standard InChI is InChI=1S/C12H15IO2/c1-3-9-6-5-7-10(4-2)12(9)15-11(14)8-13/h5-7H,3-4,8H2,1-2H3. The molecule has 1 aromatic carbocycles. The Labute approximate surface area is 104 Å². The van der Waals surface area contributed by atoms with Crippen LogP contribution in [0.2, 0.25) is 0 Å². The smallest absolute Gasteiger partial charge is 0.321 e. The van der Waals surface area contributed by atoms with Gasteiger partial charge in [0.25, 0.3) is 0 Å². The predicted octanol–water partition coefficient (Wildman–Crippen LogP) is 3.15. The summed E-state index contributed by atoms with van der Waals surface area (Å²) in [6.45, 7) is 4.13. The van der Waals surface area contributed by atoms with Crippen molar-refractivity contribution >= 4 is 28.6 Å². The molecule has 82 valence electrons. The average Bonchev–Trinajstić information content (AvgIpc) is 2.29. The first-order valence-electron chi connectivity index (χ1n) is 5.10. The lowest BCUT2D eigenvalue weighted by Gasteiger charge is -2.12. The van der Waals surface area contributed by atoms with Crippen LogP contribution in [0.4, 0.5) is 0 Å². The molecule has 0 heterocycles. The Kier molecular flexibility index (Phi) is 5.08. The number of hydrogen-bond donors (Lipinski definition) is 0. The summed E-state index contributed by atoms with van der Waals surface area (Å²) in [7, 11) is 0. The van der Waals surface area contributed by atoms with Gasteiger partial charge in [-0.3, -0.25) is 4.79 Å². The van der Waals surface area contributed by atoms with Crippen molar-refractivity contribution in [1.29, 1.82) is 0 Å². The van der Waals surface area contributed by atoms with Crippen LogP contribution in [-0.2, 0) is 17.6 Å². The quantitative estimate of drug-likeness (QED) is 0.369. The van der Waals surface area contributed by atoms with Crippen molar-refractivity contribution in [3.8, 4) is 5.75 Å². The molecule has 0 bridgehead atoms. The van der Waals surface area contributed by atoms with Gasteiger partial charge in [-0.2, -0.15) is 0 Å². The number of para-hydroxylation sites is 1. The Morgan fingerprint density at radius 3 is 2.20 bits per heavy atom. The van der Waals surface area contributed by atoms with E-state index in [0.29, 0.717) is 4.43 Å². The van der Waals surface area contributed by atoms with Crippen LogP contribution in [0.15, 0.2) is 18.2 Å². The third-order valence-corrected chi connectivity index (χ3v) is 2.89. The predicted molar refractivity (Wildman–Crippen MR) is 69.7 cm³/mol. The fourth-order valence-corrected chi connectivity index (χ4v) is 1.62. The fourth-order valence-electron chi connectivity index (χ4n) is 1.47. The summed E-state index contributed by atoms with van der Waals surface area (Å²) in [5.74, 6) is 0.593. The Morgan fingerprint density at radius 1 is 1.27 bits per heavy atom. The van der Waals surface area contributed by atoms with Crippen LogP contribution in [0.1, 0.15) is 25.0 Å². The molecule has 0 aliphatic carbocycles. The molecule has 1 aromatic rings. The van der Waals surface area contributed by atoms with Crippen LogP contribution in [0, 0.1) is 0 Å². The van der Waals surface area contributed by atoms with E-state index in [9.17, 15) is 4.79 Å². The molecular weight excluding hydrogens is 303 g/mol. The molecule has 0 radical (unpaired) electrons. The maximum atomic E-state index is 11.3. The Hall–Kier alpha value is -0.580. The molecule has 0 unspecified atom stereocenters. The molecule has 0 saturated carbocycles. The minimum atomic E-state index is -0.175. The highest BCUT2D eigenvalue weighted by Gasteiger charge is 2.10. The monoisotopic (exact) mass is 318 g/mol. The number of rotatable bonds is 4. The molecule has 0 atom stereocenters. The Balaban J connectivity index is 3.05. The Bertz CT molecular complexity index is 325. The van der Waals surface area contributed by atoms with Crippen molar-refractivity contribution in [2.45, 2.75) is 26.7 Å². The largest absolute Gasteiger partial charge is 0.425 e.